The number of rotatable bonds is 0. The molecule has 1 heterocycles. The van der Waals surface area contributed by atoms with Crippen LogP contribution in [-0.4, -0.2) is 37.2 Å². The maximum atomic E-state index is 12.2. The number of carbonyl (C=O) groups excluding carboxylic acids is 1. The molecule has 1 aliphatic rings. The first kappa shape index (κ1) is 14.0. The second kappa shape index (κ2) is 4.61. The maximum Gasteiger partial charge on any atom is 0.394 e. The van der Waals surface area contributed by atoms with Gasteiger partial charge in [-0.3, -0.25) is 9.69 Å². The number of para-hydroxylation sites is 1. The lowest BCUT2D eigenvalue weighted by atomic mass is 10.2. The second-order valence-electron chi connectivity index (χ2n) is 4.16. The number of halogens is 1. The Labute approximate surface area is 118 Å². The molecule has 0 spiro atoms. The van der Waals surface area contributed by atoms with Gasteiger partial charge in [0.25, 0.3) is 0 Å². The maximum absolute atomic E-state index is 12.2. The quantitative estimate of drug-likeness (QED) is 0.708. The van der Waals surface area contributed by atoms with E-state index >= 15 is 0 Å². The fraction of sp³-hybridized carbons (Fsp3) is 0.273. The summed E-state index contributed by atoms with van der Waals surface area (Å²) in [5, 5.41) is 7.96. The van der Waals surface area contributed by atoms with Crippen molar-refractivity contribution in [1.82, 2.24) is 0 Å². The summed E-state index contributed by atoms with van der Waals surface area (Å²) in [4.78, 5) is 23.5. The molecule has 0 fully saturated rings. The number of anilines is 1. The third-order valence-electron chi connectivity index (χ3n) is 2.92. The fourth-order valence-corrected chi connectivity index (χ4v) is 4.20. The monoisotopic (exact) mass is 347 g/mol. The topological polar surface area (TPSA) is 91.8 Å². The zero-order chi connectivity index (χ0) is 14.4. The first-order valence-corrected chi connectivity index (χ1v) is 7.68. The number of benzene rings is 1. The molecule has 19 heavy (non-hydrogen) atoms. The predicted octanol–water partition coefficient (Wildman–Crippen LogP) is 1.04. The summed E-state index contributed by atoms with van der Waals surface area (Å²) in [5.74, 6) is -2.76. The van der Waals surface area contributed by atoms with Gasteiger partial charge in [0.2, 0.25) is 0 Å². The fourth-order valence-electron chi connectivity index (χ4n) is 1.95. The van der Waals surface area contributed by atoms with Crippen LogP contribution >= 0.6 is 15.9 Å². The van der Waals surface area contributed by atoms with Gasteiger partial charge < -0.3 is 5.11 Å². The van der Waals surface area contributed by atoms with Crippen LogP contribution in [0, 0.1) is 0 Å². The van der Waals surface area contributed by atoms with Crippen molar-refractivity contribution in [3.63, 3.8) is 0 Å². The number of sulfone groups is 1. The lowest BCUT2D eigenvalue weighted by Crippen LogP contribution is -2.47. The Morgan fingerprint density at radius 1 is 1.42 bits per heavy atom. The van der Waals surface area contributed by atoms with E-state index in [0.29, 0.717) is 4.47 Å². The van der Waals surface area contributed by atoms with E-state index < -0.39 is 27.0 Å². The van der Waals surface area contributed by atoms with Crippen molar-refractivity contribution in [3.05, 3.63) is 22.7 Å². The van der Waals surface area contributed by atoms with Crippen molar-refractivity contribution in [2.24, 2.45) is 0 Å². The zero-order valence-corrected chi connectivity index (χ0v) is 12.2. The molecule has 8 heteroatoms. The van der Waals surface area contributed by atoms with Gasteiger partial charge in [0, 0.05) is 11.0 Å². The number of aliphatic carboxylic acids is 1. The van der Waals surface area contributed by atoms with Crippen LogP contribution < -0.4 is 4.90 Å². The van der Waals surface area contributed by atoms with Crippen LogP contribution in [0.15, 0.2) is 27.6 Å². The number of fused-ring (bicyclic) bond motifs is 1. The Morgan fingerprint density at radius 2 is 2.05 bits per heavy atom. The minimum Gasteiger partial charge on any atom is -0.474 e. The van der Waals surface area contributed by atoms with Crippen LogP contribution in [-0.2, 0) is 19.4 Å². The summed E-state index contributed by atoms with van der Waals surface area (Å²) in [6, 6.07) is 4.46. The van der Waals surface area contributed by atoms with E-state index in [9.17, 15) is 18.0 Å². The van der Waals surface area contributed by atoms with Crippen LogP contribution in [0.3, 0.4) is 0 Å². The highest BCUT2D eigenvalue weighted by molar-refractivity contribution is 9.10. The molecule has 0 radical (unpaired) electrons. The largest absolute Gasteiger partial charge is 0.474 e. The molecule has 1 unspecified atom stereocenters. The van der Waals surface area contributed by atoms with E-state index in [1.807, 2.05) is 0 Å². The molecule has 1 aromatic rings. The van der Waals surface area contributed by atoms with Crippen LogP contribution in [0.1, 0.15) is 6.92 Å². The number of hydrogen-bond acceptors (Lipinski definition) is 4. The molecule has 1 aliphatic heterocycles. The zero-order valence-electron chi connectivity index (χ0n) is 9.83. The molecule has 0 aromatic heterocycles. The lowest BCUT2D eigenvalue weighted by molar-refractivity contribution is -0.148. The van der Waals surface area contributed by atoms with Crippen molar-refractivity contribution in [2.75, 3.05) is 11.4 Å². The Kier molecular flexibility index (Phi) is 3.40. The van der Waals surface area contributed by atoms with Gasteiger partial charge in [-0.25, -0.2) is 13.2 Å². The normalized spacial score (nSPS) is 20.7. The molecule has 1 N–H and O–H groups in total. The van der Waals surface area contributed by atoms with Gasteiger partial charge in [-0.2, -0.15) is 0 Å². The highest BCUT2D eigenvalue weighted by atomic mass is 79.9. The van der Waals surface area contributed by atoms with Crippen LogP contribution in [0.25, 0.3) is 0 Å². The first-order valence-electron chi connectivity index (χ1n) is 5.34. The van der Waals surface area contributed by atoms with E-state index in [0.717, 1.165) is 4.90 Å². The van der Waals surface area contributed by atoms with Gasteiger partial charge in [0.05, 0.1) is 15.8 Å². The summed E-state index contributed by atoms with van der Waals surface area (Å²) in [6.45, 7) is 1.27. The summed E-state index contributed by atoms with van der Waals surface area (Å²) in [5.41, 5.74) is 0.0907. The molecule has 1 aromatic carbocycles. The summed E-state index contributed by atoms with van der Waals surface area (Å²) in [7, 11) is -3.55. The molecular formula is C11H10BrNO5S. The Balaban J connectivity index is 2.71. The van der Waals surface area contributed by atoms with Crippen LogP contribution in [0.2, 0.25) is 0 Å². The van der Waals surface area contributed by atoms with Gasteiger partial charge in [-0.1, -0.05) is 6.07 Å². The lowest BCUT2D eigenvalue weighted by Gasteiger charge is -2.32. The number of amides is 1. The van der Waals surface area contributed by atoms with Crippen molar-refractivity contribution in [1.29, 1.82) is 0 Å². The molecule has 0 saturated heterocycles. The van der Waals surface area contributed by atoms with Crippen molar-refractivity contribution >= 4 is 43.3 Å². The van der Waals surface area contributed by atoms with Gasteiger partial charge in [0.15, 0.2) is 9.84 Å². The van der Waals surface area contributed by atoms with Crippen LogP contribution in [0.4, 0.5) is 5.69 Å². The van der Waals surface area contributed by atoms with Crippen LogP contribution in [0.5, 0.6) is 0 Å². The molecule has 1 atom stereocenters. The average molecular weight is 348 g/mol. The van der Waals surface area contributed by atoms with Gasteiger partial charge >= 0.3 is 11.9 Å². The van der Waals surface area contributed by atoms with E-state index in [1.54, 1.807) is 6.07 Å². The molecule has 0 aliphatic carbocycles. The Bertz CT molecular complexity index is 670. The predicted molar refractivity (Wildman–Crippen MR) is 70.8 cm³/mol. The summed E-state index contributed by atoms with van der Waals surface area (Å²) >= 11 is 3.16. The Hall–Kier alpha value is -1.41. The number of carboxylic acid groups (broad SMARTS) is 1. The SMILES string of the molecule is CC1CN(C(=O)C(=O)O)c2c(Br)cccc2S1(=O)=O. The number of hydrogen-bond donors (Lipinski definition) is 1. The molecule has 6 nitrogen and oxygen atoms in total. The summed E-state index contributed by atoms with van der Waals surface area (Å²) in [6.07, 6.45) is 0. The number of carboxylic acids is 1. The van der Waals surface area contributed by atoms with E-state index in [1.165, 1.54) is 19.1 Å². The standard InChI is InChI=1S/C11H10BrNO5S/c1-6-5-13(10(14)11(15)16)9-7(12)3-2-4-8(9)19(6,17)18/h2-4,6H,5H2,1H3,(H,15,16). The van der Waals surface area contributed by atoms with Gasteiger partial charge in [-0.05, 0) is 35.0 Å². The Morgan fingerprint density at radius 3 is 2.63 bits per heavy atom. The molecule has 102 valence electrons. The summed E-state index contributed by atoms with van der Waals surface area (Å²) < 4.78 is 24.7. The van der Waals surface area contributed by atoms with E-state index in [-0.39, 0.29) is 17.1 Å². The molecule has 1 amide bonds. The van der Waals surface area contributed by atoms with Gasteiger partial charge in [0.1, 0.15) is 0 Å². The second-order valence-corrected chi connectivity index (χ2v) is 7.35. The highest BCUT2D eigenvalue weighted by Crippen LogP contribution is 2.39. The smallest absolute Gasteiger partial charge is 0.394 e. The van der Waals surface area contributed by atoms with Gasteiger partial charge in [-0.15, -0.1) is 0 Å². The first-order chi connectivity index (χ1) is 8.76. The highest BCUT2D eigenvalue weighted by Gasteiger charge is 2.39. The van der Waals surface area contributed by atoms with E-state index in [2.05, 4.69) is 15.9 Å². The minimum absolute atomic E-state index is 0.0322. The van der Waals surface area contributed by atoms with Crippen molar-refractivity contribution in [2.45, 2.75) is 17.1 Å². The third kappa shape index (κ3) is 2.14. The minimum atomic E-state index is -3.55. The van der Waals surface area contributed by atoms with E-state index in [4.69, 9.17) is 5.11 Å². The van der Waals surface area contributed by atoms with Crippen molar-refractivity contribution in [3.8, 4) is 0 Å². The number of nitrogens with zero attached hydrogens (tertiary/aromatic N) is 1. The molecule has 0 saturated carbocycles. The third-order valence-corrected chi connectivity index (χ3v) is 5.71. The molecule has 2 rings (SSSR count). The molecule has 0 bridgehead atoms. The average Bonchev–Trinajstić information content (AvgIpc) is 2.33. The van der Waals surface area contributed by atoms with Crippen molar-refractivity contribution < 1.29 is 23.1 Å². The number of carbonyl (C=O) groups is 2. The molecular weight excluding hydrogens is 338 g/mol.